The van der Waals surface area contributed by atoms with Crippen molar-refractivity contribution in [2.75, 3.05) is 6.54 Å². The fourth-order valence-electron chi connectivity index (χ4n) is 1.30. The van der Waals surface area contributed by atoms with E-state index < -0.39 is 0 Å². The van der Waals surface area contributed by atoms with Gasteiger partial charge in [-0.3, -0.25) is 0 Å². The van der Waals surface area contributed by atoms with Crippen LogP contribution in [0.15, 0.2) is 21.9 Å². The normalized spacial score (nSPS) is 13.0. The average molecular weight is 222 g/mol. The lowest BCUT2D eigenvalue weighted by atomic mass is 10.1. The standard InChI is InChI=1S/C11H14N2OS/c1-7(5-12)9-6-15-11(13-9)10-4-3-8(2)14-10/h3-4,6-7H,5,12H2,1-2H3. The molecule has 0 aliphatic heterocycles. The number of nitrogens with two attached hydrogens (primary N) is 1. The zero-order chi connectivity index (χ0) is 10.8. The molecule has 3 nitrogen and oxygen atoms in total. The van der Waals surface area contributed by atoms with Crippen molar-refractivity contribution in [3.63, 3.8) is 0 Å². The van der Waals surface area contributed by atoms with Gasteiger partial charge in [0.2, 0.25) is 0 Å². The largest absolute Gasteiger partial charge is 0.459 e. The molecule has 0 aliphatic rings. The van der Waals surface area contributed by atoms with E-state index in [1.165, 1.54) is 0 Å². The Bertz CT molecular complexity index is 447. The van der Waals surface area contributed by atoms with Crippen LogP contribution in [0.2, 0.25) is 0 Å². The first-order valence-corrected chi connectivity index (χ1v) is 5.81. The van der Waals surface area contributed by atoms with E-state index in [1.54, 1.807) is 11.3 Å². The van der Waals surface area contributed by atoms with Crippen LogP contribution >= 0.6 is 11.3 Å². The number of nitrogens with zero attached hydrogens (tertiary/aromatic N) is 1. The van der Waals surface area contributed by atoms with Gasteiger partial charge in [0.05, 0.1) is 5.69 Å². The first-order chi connectivity index (χ1) is 7.20. The minimum Gasteiger partial charge on any atom is -0.459 e. The van der Waals surface area contributed by atoms with E-state index in [0.29, 0.717) is 12.5 Å². The van der Waals surface area contributed by atoms with Gasteiger partial charge in [-0.1, -0.05) is 6.92 Å². The van der Waals surface area contributed by atoms with E-state index in [9.17, 15) is 0 Å². The number of rotatable bonds is 3. The summed E-state index contributed by atoms with van der Waals surface area (Å²) < 4.78 is 5.51. The van der Waals surface area contributed by atoms with Gasteiger partial charge in [-0.05, 0) is 19.1 Å². The van der Waals surface area contributed by atoms with Crippen LogP contribution < -0.4 is 5.73 Å². The molecule has 0 aliphatic carbocycles. The number of aromatic nitrogens is 1. The molecule has 0 saturated heterocycles. The minimum absolute atomic E-state index is 0.311. The van der Waals surface area contributed by atoms with Crippen molar-refractivity contribution in [3.05, 3.63) is 29.0 Å². The van der Waals surface area contributed by atoms with Gasteiger partial charge in [0.1, 0.15) is 5.76 Å². The van der Waals surface area contributed by atoms with Crippen molar-refractivity contribution < 1.29 is 4.42 Å². The summed E-state index contributed by atoms with van der Waals surface area (Å²) in [6.45, 7) is 4.63. The number of furan rings is 1. The summed E-state index contributed by atoms with van der Waals surface area (Å²) in [6.07, 6.45) is 0. The monoisotopic (exact) mass is 222 g/mol. The Hall–Kier alpha value is -1.13. The van der Waals surface area contributed by atoms with Crippen LogP contribution in [0.4, 0.5) is 0 Å². The fourth-order valence-corrected chi connectivity index (χ4v) is 2.20. The molecule has 1 atom stereocenters. The smallest absolute Gasteiger partial charge is 0.162 e. The first-order valence-electron chi connectivity index (χ1n) is 4.93. The number of hydrogen-bond acceptors (Lipinski definition) is 4. The molecular formula is C11H14N2OS. The van der Waals surface area contributed by atoms with Crippen molar-refractivity contribution in [1.29, 1.82) is 0 Å². The molecule has 0 fully saturated rings. The summed E-state index contributed by atoms with van der Waals surface area (Å²) in [5, 5.41) is 2.98. The van der Waals surface area contributed by atoms with E-state index in [2.05, 4.69) is 11.9 Å². The van der Waals surface area contributed by atoms with E-state index in [1.807, 2.05) is 24.4 Å². The highest BCUT2D eigenvalue weighted by atomic mass is 32.1. The second kappa shape index (κ2) is 4.16. The summed E-state index contributed by atoms with van der Waals surface area (Å²) in [4.78, 5) is 4.51. The highest BCUT2D eigenvalue weighted by Gasteiger charge is 2.11. The average Bonchev–Trinajstić information content (AvgIpc) is 2.84. The third kappa shape index (κ3) is 2.11. The molecule has 80 valence electrons. The second-order valence-electron chi connectivity index (χ2n) is 3.62. The van der Waals surface area contributed by atoms with Crippen LogP contribution in [0, 0.1) is 6.92 Å². The number of thiazole rings is 1. The molecule has 0 saturated carbocycles. The van der Waals surface area contributed by atoms with Crippen LogP contribution in [0.3, 0.4) is 0 Å². The van der Waals surface area contributed by atoms with Gasteiger partial charge in [-0.25, -0.2) is 4.98 Å². The summed E-state index contributed by atoms with van der Waals surface area (Å²) in [7, 11) is 0. The Labute approximate surface area is 92.9 Å². The summed E-state index contributed by atoms with van der Waals surface area (Å²) >= 11 is 1.60. The maximum absolute atomic E-state index is 5.60. The van der Waals surface area contributed by atoms with Crippen LogP contribution in [-0.2, 0) is 0 Å². The molecule has 2 rings (SSSR count). The third-order valence-corrected chi connectivity index (χ3v) is 3.21. The Balaban J connectivity index is 2.27. The zero-order valence-corrected chi connectivity index (χ0v) is 9.67. The summed E-state index contributed by atoms with van der Waals surface area (Å²) in [5.74, 6) is 2.06. The molecule has 2 heterocycles. The maximum atomic E-state index is 5.60. The van der Waals surface area contributed by atoms with E-state index in [0.717, 1.165) is 22.2 Å². The third-order valence-electron chi connectivity index (χ3n) is 2.33. The molecule has 0 amide bonds. The van der Waals surface area contributed by atoms with Gasteiger partial charge in [-0.15, -0.1) is 11.3 Å². The zero-order valence-electron chi connectivity index (χ0n) is 8.86. The summed E-state index contributed by atoms with van der Waals surface area (Å²) in [6, 6.07) is 3.90. The molecule has 0 radical (unpaired) electrons. The molecule has 2 N–H and O–H groups in total. The van der Waals surface area contributed by atoms with Crippen molar-refractivity contribution >= 4 is 11.3 Å². The molecule has 1 unspecified atom stereocenters. The lowest BCUT2D eigenvalue weighted by molar-refractivity contribution is 0.547. The highest BCUT2D eigenvalue weighted by molar-refractivity contribution is 7.13. The maximum Gasteiger partial charge on any atom is 0.162 e. The van der Waals surface area contributed by atoms with Crippen molar-refractivity contribution in [2.24, 2.45) is 5.73 Å². The number of hydrogen-bond donors (Lipinski definition) is 1. The summed E-state index contributed by atoms with van der Waals surface area (Å²) in [5.41, 5.74) is 6.65. The Morgan fingerprint density at radius 3 is 2.93 bits per heavy atom. The highest BCUT2D eigenvalue weighted by Crippen LogP contribution is 2.27. The van der Waals surface area contributed by atoms with Crippen molar-refractivity contribution in [1.82, 2.24) is 4.98 Å². The van der Waals surface area contributed by atoms with Gasteiger partial charge in [-0.2, -0.15) is 0 Å². The van der Waals surface area contributed by atoms with Crippen LogP contribution in [0.1, 0.15) is 24.3 Å². The van der Waals surface area contributed by atoms with E-state index >= 15 is 0 Å². The predicted molar refractivity (Wildman–Crippen MR) is 62.0 cm³/mol. The van der Waals surface area contributed by atoms with Crippen LogP contribution in [-0.4, -0.2) is 11.5 Å². The lowest BCUT2D eigenvalue weighted by Gasteiger charge is -2.01. The second-order valence-corrected chi connectivity index (χ2v) is 4.48. The number of aryl methyl sites for hydroxylation is 1. The SMILES string of the molecule is Cc1ccc(-c2nc(C(C)CN)cs2)o1. The molecule has 0 spiro atoms. The molecule has 0 bridgehead atoms. The topological polar surface area (TPSA) is 52.0 Å². The quantitative estimate of drug-likeness (QED) is 0.868. The van der Waals surface area contributed by atoms with Gasteiger partial charge in [0, 0.05) is 17.8 Å². The van der Waals surface area contributed by atoms with Crippen LogP contribution in [0.5, 0.6) is 0 Å². The van der Waals surface area contributed by atoms with Crippen LogP contribution in [0.25, 0.3) is 10.8 Å². The Morgan fingerprint density at radius 2 is 2.33 bits per heavy atom. The predicted octanol–water partition coefficient (Wildman–Crippen LogP) is 2.77. The molecule has 0 aromatic carbocycles. The first kappa shape index (κ1) is 10.4. The Kier molecular flexibility index (Phi) is 2.88. The van der Waals surface area contributed by atoms with E-state index in [-0.39, 0.29) is 0 Å². The van der Waals surface area contributed by atoms with Gasteiger partial charge >= 0.3 is 0 Å². The van der Waals surface area contributed by atoms with Gasteiger partial charge < -0.3 is 10.2 Å². The fraction of sp³-hybridized carbons (Fsp3) is 0.364. The minimum atomic E-state index is 0.311. The van der Waals surface area contributed by atoms with Crippen molar-refractivity contribution in [2.45, 2.75) is 19.8 Å². The Morgan fingerprint density at radius 1 is 1.53 bits per heavy atom. The van der Waals surface area contributed by atoms with E-state index in [4.69, 9.17) is 10.2 Å². The van der Waals surface area contributed by atoms with Gasteiger partial charge in [0.25, 0.3) is 0 Å². The molecular weight excluding hydrogens is 208 g/mol. The molecule has 2 aromatic rings. The molecule has 2 aromatic heterocycles. The molecule has 4 heteroatoms. The van der Waals surface area contributed by atoms with Gasteiger partial charge in [0.15, 0.2) is 10.8 Å². The van der Waals surface area contributed by atoms with Crippen molar-refractivity contribution in [3.8, 4) is 10.8 Å². The molecule has 15 heavy (non-hydrogen) atoms. The lowest BCUT2D eigenvalue weighted by Crippen LogP contribution is -2.08.